The molecule has 1 saturated carbocycles. The number of alkyl halides is 3. The van der Waals surface area contributed by atoms with Gasteiger partial charge in [0.2, 0.25) is 5.91 Å². The van der Waals surface area contributed by atoms with Gasteiger partial charge in [-0.3, -0.25) is 9.36 Å². The van der Waals surface area contributed by atoms with Crippen molar-refractivity contribution in [3.8, 4) is 28.8 Å². The standard InChI is InChI=1S/C34H37F3N8O3.C6H6/c1-22-30(29-16-17-40-44(29)27-14-8-23(21-38)9-15-27)43(33(48)42(22)28-7-5-6-25(20-28)34(35,36)37)32(47)41-26-12-10-24(11-13-26)31(46)39-18-19-45(2,3)4;1-2-4-6-5-3-1/h5-9,14-17,20,24,26H,10-13,18-19H2,1-4H3,(H-,39,41,46,47);1-6H/p+1/t24-,26-;. The highest BCUT2D eigenvalue weighted by Crippen LogP contribution is 2.32. The molecule has 3 aromatic carbocycles. The minimum atomic E-state index is -4.65. The molecule has 14 heteroatoms. The van der Waals surface area contributed by atoms with Gasteiger partial charge in [0, 0.05) is 12.0 Å². The Labute approximate surface area is 311 Å². The number of halogens is 3. The molecule has 0 radical (unpaired) electrons. The zero-order valence-electron chi connectivity index (χ0n) is 30.7. The summed E-state index contributed by atoms with van der Waals surface area (Å²) >= 11 is 0. The van der Waals surface area contributed by atoms with Gasteiger partial charge >= 0.3 is 17.9 Å². The van der Waals surface area contributed by atoms with Crippen LogP contribution in [0.5, 0.6) is 0 Å². The Morgan fingerprint density at radius 1 is 0.907 bits per heavy atom. The van der Waals surface area contributed by atoms with Crippen LogP contribution in [0, 0.1) is 24.2 Å². The first-order valence-electron chi connectivity index (χ1n) is 17.6. The number of nitriles is 1. The Bertz CT molecular complexity index is 2120. The van der Waals surface area contributed by atoms with Crippen LogP contribution in [0.15, 0.2) is 102 Å². The van der Waals surface area contributed by atoms with Crippen molar-refractivity contribution in [2.24, 2.45) is 5.92 Å². The number of benzene rings is 3. The number of aromatic nitrogens is 4. The summed E-state index contributed by atoms with van der Waals surface area (Å²) in [6.07, 6.45) is -1.03. The molecule has 0 spiro atoms. The number of quaternary nitrogens is 1. The fourth-order valence-corrected chi connectivity index (χ4v) is 6.37. The summed E-state index contributed by atoms with van der Waals surface area (Å²) in [5, 5.41) is 19.5. The van der Waals surface area contributed by atoms with Crippen molar-refractivity contribution >= 4 is 11.9 Å². The molecule has 2 aromatic heterocycles. The molecule has 54 heavy (non-hydrogen) atoms. The molecule has 0 unspecified atom stereocenters. The highest BCUT2D eigenvalue weighted by atomic mass is 19.4. The minimum absolute atomic E-state index is 0.0171. The maximum atomic E-state index is 14.1. The maximum absolute atomic E-state index is 14.1. The Kier molecular flexibility index (Phi) is 12.2. The van der Waals surface area contributed by atoms with E-state index < -0.39 is 23.5 Å². The second-order valence-electron chi connectivity index (χ2n) is 14.2. The van der Waals surface area contributed by atoms with Crippen LogP contribution in [0.3, 0.4) is 0 Å². The number of rotatable bonds is 8. The number of carbonyl (C=O) groups excluding carboxylic acids is 2. The lowest BCUT2D eigenvalue weighted by molar-refractivity contribution is -0.869. The van der Waals surface area contributed by atoms with Gasteiger partial charge in [-0.05, 0) is 81.1 Å². The Balaban J connectivity index is 0.000000850. The first-order chi connectivity index (χ1) is 25.7. The lowest BCUT2D eigenvalue weighted by Gasteiger charge is -2.29. The lowest BCUT2D eigenvalue weighted by atomic mass is 9.85. The van der Waals surface area contributed by atoms with Gasteiger partial charge < -0.3 is 15.1 Å². The third-order valence-corrected chi connectivity index (χ3v) is 9.22. The average Bonchev–Trinajstić information content (AvgIpc) is 3.73. The summed E-state index contributed by atoms with van der Waals surface area (Å²) in [7, 11) is 6.15. The highest BCUT2D eigenvalue weighted by molar-refractivity contribution is 5.83. The van der Waals surface area contributed by atoms with Gasteiger partial charge in [0.25, 0.3) is 0 Å². The van der Waals surface area contributed by atoms with E-state index in [0.717, 1.165) is 32.3 Å². The van der Waals surface area contributed by atoms with Crippen molar-refractivity contribution in [1.82, 2.24) is 29.5 Å². The topological polar surface area (TPSA) is 127 Å². The number of carbonyl (C=O) groups is 2. The van der Waals surface area contributed by atoms with E-state index in [4.69, 9.17) is 0 Å². The van der Waals surface area contributed by atoms with Gasteiger partial charge in [0.1, 0.15) is 5.69 Å². The molecular formula is C40H44F3N8O3+. The molecule has 282 valence electrons. The first kappa shape index (κ1) is 39.3. The van der Waals surface area contributed by atoms with Crippen LogP contribution in [-0.2, 0) is 11.0 Å². The molecule has 6 rings (SSSR count). The first-order valence-corrected chi connectivity index (χ1v) is 17.6. The van der Waals surface area contributed by atoms with Crippen molar-refractivity contribution in [2.45, 2.75) is 44.8 Å². The van der Waals surface area contributed by atoms with Crippen LogP contribution < -0.4 is 16.3 Å². The number of hydrogen-bond acceptors (Lipinski definition) is 5. The van der Waals surface area contributed by atoms with Crippen LogP contribution in [0.25, 0.3) is 22.8 Å². The van der Waals surface area contributed by atoms with E-state index in [9.17, 15) is 32.8 Å². The van der Waals surface area contributed by atoms with Crippen molar-refractivity contribution in [1.29, 1.82) is 5.26 Å². The molecule has 2 amide bonds. The minimum Gasteiger partial charge on any atom is -0.350 e. The molecule has 2 heterocycles. The normalized spacial score (nSPS) is 15.7. The number of imidazole rings is 1. The van der Waals surface area contributed by atoms with Gasteiger partial charge in [0.15, 0.2) is 0 Å². The molecule has 2 N–H and O–H groups in total. The van der Waals surface area contributed by atoms with Gasteiger partial charge in [-0.2, -0.15) is 23.5 Å². The molecular weight excluding hydrogens is 697 g/mol. The molecule has 0 saturated heterocycles. The van der Waals surface area contributed by atoms with Crippen molar-refractivity contribution in [2.75, 3.05) is 34.2 Å². The van der Waals surface area contributed by atoms with E-state index in [0.29, 0.717) is 49.2 Å². The van der Waals surface area contributed by atoms with Crippen LogP contribution in [0.2, 0.25) is 0 Å². The number of hydrogen-bond donors (Lipinski definition) is 2. The number of nitrogens with zero attached hydrogens (tertiary/aromatic N) is 6. The predicted molar refractivity (Wildman–Crippen MR) is 199 cm³/mol. The summed E-state index contributed by atoms with van der Waals surface area (Å²) in [6.45, 7) is 2.91. The van der Waals surface area contributed by atoms with E-state index >= 15 is 0 Å². The largest absolute Gasteiger partial charge is 0.416 e. The van der Waals surface area contributed by atoms with Gasteiger partial charge in [-0.25, -0.2) is 18.8 Å². The summed E-state index contributed by atoms with van der Waals surface area (Å²) in [5.41, 5.74) is -0.181. The predicted octanol–water partition coefficient (Wildman–Crippen LogP) is 6.32. The maximum Gasteiger partial charge on any atom is 0.416 e. The van der Waals surface area contributed by atoms with Crippen LogP contribution in [0.1, 0.15) is 42.5 Å². The summed E-state index contributed by atoms with van der Waals surface area (Å²) < 4.78 is 45.2. The fourth-order valence-electron chi connectivity index (χ4n) is 6.37. The second-order valence-corrected chi connectivity index (χ2v) is 14.2. The smallest absolute Gasteiger partial charge is 0.350 e. The van der Waals surface area contributed by atoms with Gasteiger partial charge in [-0.15, -0.1) is 0 Å². The Morgan fingerprint density at radius 2 is 1.54 bits per heavy atom. The van der Waals surface area contributed by atoms with E-state index in [1.54, 1.807) is 37.3 Å². The molecule has 0 aliphatic heterocycles. The van der Waals surface area contributed by atoms with E-state index in [2.05, 4.69) is 21.8 Å². The third-order valence-electron chi connectivity index (χ3n) is 9.22. The summed E-state index contributed by atoms with van der Waals surface area (Å²) in [6, 6.07) is 25.5. The van der Waals surface area contributed by atoms with Crippen LogP contribution in [0.4, 0.5) is 18.0 Å². The third kappa shape index (κ3) is 9.53. The van der Waals surface area contributed by atoms with Gasteiger partial charge in [-0.1, -0.05) is 42.5 Å². The average molecular weight is 742 g/mol. The SMILES string of the molecule is Cc1c(-c2ccnn2-c2ccc(C#N)cc2)n(C(=O)N[C@H]2CC[C@H](C(=O)NCC[N+](C)(C)C)CC2)c(=O)n1-c1cccc(C(F)(F)F)c1.c1ccccc1. The van der Waals surface area contributed by atoms with Crippen molar-refractivity contribution in [3.05, 3.63) is 124 Å². The fraction of sp³-hybridized carbons (Fsp3) is 0.325. The Hall–Kier alpha value is -5.94. The number of likely N-dealkylation sites (N-methyl/N-ethyl adjacent to an activating group) is 1. The number of amides is 2. The quantitative estimate of drug-likeness (QED) is 0.180. The molecule has 5 aromatic rings. The van der Waals surface area contributed by atoms with E-state index in [1.165, 1.54) is 23.0 Å². The molecule has 11 nitrogen and oxygen atoms in total. The van der Waals surface area contributed by atoms with Crippen LogP contribution in [-0.4, -0.2) is 75.6 Å². The van der Waals surface area contributed by atoms with Crippen molar-refractivity contribution in [3.63, 3.8) is 0 Å². The highest BCUT2D eigenvalue weighted by Gasteiger charge is 2.33. The molecule has 1 aliphatic rings. The molecule has 1 fully saturated rings. The van der Waals surface area contributed by atoms with Gasteiger partial charge in [0.05, 0.1) is 80.4 Å². The van der Waals surface area contributed by atoms with Crippen LogP contribution >= 0.6 is 0 Å². The van der Waals surface area contributed by atoms with Crippen molar-refractivity contribution < 1.29 is 27.2 Å². The van der Waals surface area contributed by atoms with E-state index in [1.807, 2.05) is 57.5 Å². The van der Waals surface area contributed by atoms with E-state index in [-0.39, 0.29) is 34.9 Å². The molecule has 0 bridgehead atoms. The zero-order chi connectivity index (χ0) is 39.0. The molecule has 0 atom stereocenters. The lowest BCUT2D eigenvalue weighted by Crippen LogP contribution is -2.46. The number of nitrogens with one attached hydrogen (secondary N) is 2. The zero-order valence-corrected chi connectivity index (χ0v) is 30.7. The molecule has 1 aliphatic carbocycles. The summed E-state index contributed by atoms with van der Waals surface area (Å²) in [5.74, 6) is -0.202. The summed E-state index contributed by atoms with van der Waals surface area (Å²) in [4.78, 5) is 40.8. The monoisotopic (exact) mass is 741 g/mol. The second kappa shape index (κ2) is 16.8. The Morgan fingerprint density at radius 3 is 2.11 bits per heavy atom.